The number of aromatic nitrogens is 2. The Morgan fingerprint density at radius 3 is 2.53 bits per heavy atom. The van der Waals surface area contributed by atoms with Gasteiger partial charge in [0.25, 0.3) is 5.56 Å². The second-order valence-corrected chi connectivity index (χ2v) is 11.0. The monoisotopic (exact) mass is 429 g/mol. The summed E-state index contributed by atoms with van der Waals surface area (Å²) in [7, 11) is 0. The Kier molecular flexibility index (Phi) is 3.79. The minimum atomic E-state index is -0.444. The highest BCUT2D eigenvalue weighted by Gasteiger charge is 2.61. The first kappa shape index (κ1) is 18.8. The fraction of sp³-hybridized carbons (Fsp3) is 0.609. The van der Waals surface area contributed by atoms with Gasteiger partial charge in [-0.1, -0.05) is 0 Å². The Morgan fingerprint density at radius 1 is 1.23 bits per heavy atom. The fourth-order valence-electron chi connectivity index (χ4n) is 7.00. The van der Waals surface area contributed by atoms with E-state index in [0.717, 1.165) is 38.5 Å². The van der Waals surface area contributed by atoms with Crippen LogP contribution in [-0.2, 0) is 4.79 Å². The molecule has 4 bridgehead atoms. The Bertz CT molecular complexity index is 1130. The fourth-order valence-corrected chi connectivity index (χ4v) is 7.69. The summed E-state index contributed by atoms with van der Waals surface area (Å²) in [6.45, 7) is 1.54. The molecule has 5 aliphatic carbocycles. The summed E-state index contributed by atoms with van der Waals surface area (Å²) < 4.78 is 15.4. The van der Waals surface area contributed by atoms with Gasteiger partial charge in [-0.3, -0.25) is 9.59 Å². The zero-order chi connectivity index (χ0) is 20.8. The molecule has 0 radical (unpaired) electrons. The highest BCUT2D eigenvalue weighted by Crippen LogP contribution is 2.61. The van der Waals surface area contributed by atoms with Crippen LogP contribution >= 0.6 is 11.6 Å². The van der Waals surface area contributed by atoms with Crippen molar-refractivity contribution >= 4 is 28.4 Å². The number of hydrogen-bond donors (Lipinski definition) is 0. The first-order valence-corrected chi connectivity index (χ1v) is 11.4. The Hall–Kier alpha value is -1.95. The topological polar surface area (TPSA) is 55.2 Å². The van der Waals surface area contributed by atoms with Crippen LogP contribution in [0.2, 0.25) is 0 Å². The van der Waals surface area contributed by atoms with Gasteiger partial charge in [-0.15, -0.1) is 11.6 Å². The van der Waals surface area contributed by atoms with Crippen LogP contribution in [0, 0.1) is 17.7 Å². The van der Waals surface area contributed by atoms with Crippen LogP contribution in [0.1, 0.15) is 70.0 Å². The van der Waals surface area contributed by atoms with Crippen molar-refractivity contribution in [2.45, 2.75) is 74.6 Å². The van der Waals surface area contributed by atoms with Gasteiger partial charge >= 0.3 is 0 Å². The quantitative estimate of drug-likeness (QED) is 0.686. The van der Waals surface area contributed by atoms with Crippen molar-refractivity contribution in [1.82, 2.24) is 9.66 Å². The number of halogens is 2. The van der Waals surface area contributed by atoms with Crippen LogP contribution in [0.5, 0.6) is 0 Å². The van der Waals surface area contributed by atoms with Gasteiger partial charge in [0, 0.05) is 23.8 Å². The van der Waals surface area contributed by atoms with Gasteiger partial charge in [0.05, 0.1) is 16.4 Å². The summed E-state index contributed by atoms with van der Waals surface area (Å²) in [6.07, 6.45) is 7.50. The van der Waals surface area contributed by atoms with Crippen LogP contribution in [0.15, 0.2) is 23.0 Å². The lowest BCUT2D eigenvalue weighted by Gasteiger charge is -2.62. The third kappa shape index (κ3) is 2.68. The Labute approximate surface area is 179 Å². The van der Waals surface area contributed by atoms with Crippen molar-refractivity contribution in [2.24, 2.45) is 11.8 Å². The van der Waals surface area contributed by atoms with E-state index in [0.29, 0.717) is 35.0 Å². The van der Waals surface area contributed by atoms with Crippen LogP contribution in [0.25, 0.3) is 10.9 Å². The standard InChI is InChI=1S/C23H25ClFN3O2/c1-13(29)28(23-10-14-6-15(11-23)9-22(24,8-14)12-23)27-20(16-2-3-16)26-19-7-17(25)4-5-18(19)21(27)30/h4-5,7,14-16H,2-3,6,8-12H2,1H3. The lowest BCUT2D eigenvalue weighted by atomic mass is 9.52. The molecule has 158 valence electrons. The molecule has 7 heteroatoms. The number of hydrogen-bond acceptors (Lipinski definition) is 3. The number of alkyl halides is 1. The van der Waals surface area contributed by atoms with Gasteiger partial charge in [-0.05, 0) is 75.3 Å². The number of rotatable bonds is 3. The molecule has 5 saturated carbocycles. The molecule has 7 rings (SSSR count). The van der Waals surface area contributed by atoms with Crippen molar-refractivity contribution in [3.8, 4) is 0 Å². The molecule has 1 heterocycles. The second-order valence-electron chi connectivity index (χ2n) is 10.2. The maximum Gasteiger partial charge on any atom is 0.280 e. The van der Waals surface area contributed by atoms with E-state index in [1.807, 2.05) is 0 Å². The third-order valence-electron chi connectivity index (χ3n) is 7.68. The van der Waals surface area contributed by atoms with Gasteiger partial charge in [0.1, 0.15) is 11.6 Å². The zero-order valence-electron chi connectivity index (χ0n) is 17.0. The molecule has 5 aliphatic rings. The lowest BCUT2D eigenvalue weighted by Crippen LogP contribution is -2.69. The van der Waals surface area contributed by atoms with E-state index in [9.17, 15) is 14.0 Å². The molecule has 2 unspecified atom stereocenters. The van der Waals surface area contributed by atoms with E-state index in [2.05, 4.69) is 0 Å². The normalized spacial score (nSPS) is 34.5. The zero-order valence-corrected chi connectivity index (χ0v) is 17.8. The number of benzene rings is 1. The maximum absolute atomic E-state index is 13.8. The van der Waals surface area contributed by atoms with Crippen molar-refractivity contribution in [3.63, 3.8) is 0 Å². The third-order valence-corrected chi connectivity index (χ3v) is 8.13. The molecule has 1 amide bonds. The van der Waals surface area contributed by atoms with E-state index < -0.39 is 11.4 Å². The van der Waals surface area contributed by atoms with Gasteiger partial charge in [-0.25, -0.2) is 14.4 Å². The molecule has 0 N–H and O–H groups in total. The molecule has 5 nitrogen and oxygen atoms in total. The van der Waals surface area contributed by atoms with Gasteiger partial charge in [0.2, 0.25) is 5.91 Å². The van der Waals surface area contributed by atoms with Gasteiger partial charge < -0.3 is 0 Å². The molecule has 30 heavy (non-hydrogen) atoms. The number of carbonyl (C=O) groups excluding carboxylic acids is 1. The Morgan fingerprint density at radius 2 is 1.93 bits per heavy atom. The summed E-state index contributed by atoms with van der Waals surface area (Å²) in [4.78, 5) is 31.2. The van der Waals surface area contributed by atoms with Crippen molar-refractivity contribution in [2.75, 3.05) is 5.01 Å². The van der Waals surface area contributed by atoms with E-state index >= 15 is 0 Å². The maximum atomic E-state index is 13.8. The minimum Gasteiger partial charge on any atom is -0.273 e. The number of carbonyl (C=O) groups is 1. The molecular weight excluding hydrogens is 405 g/mol. The average Bonchev–Trinajstić information content (AvgIpc) is 3.46. The van der Waals surface area contributed by atoms with E-state index in [4.69, 9.17) is 16.6 Å². The summed E-state index contributed by atoms with van der Waals surface area (Å²) in [6, 6.07) is 4.07. The summed E-state index contributed by atoms with van der Waals surface area (Å²) in [5.41, 5.74) is -0.363. The molecule has 2 atom stereocenters. The molecule has 0 aliphatic heterocycles. The molecular formula is C23H25ClFN3O2. The summed E-state index contributed by atoms with van der Waals surface area (Å²) >= 11 is 7.04. The average molecular weight is 430 g/mol. The smallest absolute Gasteiger partial charge is 0.273 e. The van der Waals surface area contributed by atoms with Gasteiger partial charge in [0.15, 0.2) is 0 Å². The lowest BCUT2D eigenvalue weighted by molar-refractivity contribution is -0.122. The number of amides is 1. The number of fused-ring (bicyclic) bond motifs is 1. The highest BCUT2D eigenvalue weighted by molar-refractivity contribution is 6.24. The highest BCUT2D eigenvalue weighted by atomic mass is 35.5. The van der Waals surface area contributed by atoms with Crippen molar-refractivity contribution in [1.29, 1.82) is 0 Å². The first-order valence-electron chi connectivity index (χ1n) is 11.0. The van der Waals surface area contributed by atoms with Crippen LogP contribution in [-0.4, -0.2) is 26.0 Å². The van der Waals surface area contributed by atoms with Crippen LogP contribution in [0.4, 0.5) is 4.39 Å². The van der Waals surface area contributed by atoms with Gasteiger partial charge in [-0.2, -0.15) is 4.68 Å². The van der Waals surface area contributed by atoms with E-state index in [1.165, 1.54) is 31.5 Å². The predicted octanol–water partition coefficient (Wildman–Crippen LogP) is 4.23. The van der Waals surface area contributed by atoms with Crippen molar-refractivity contribution in [3.05, 3.63) is 40.2 Å². The molecule has 1 aromatic carbocycles. The van der Waals surface area contributed by atoms with Crippen LogP contribution in [0.3, 0.4) is 0 Å². The Balaban J connectivity index is 1.58. The van der Waals surface area contributed by atoms with E-state index in [1.54, 1.807) is 9.69 Å². The molecule has 2 aromatic rings. The van der Waals surface area contributed by atoms with Crippen LogP contribution < -0.4 is 10.6 Å². The number of nitrogens with zero attached hydrogens (tertiary/aromatic N) is 3. The van der Waals surface area contributed by atoms with E-state index in [-0.39, 0.29) is 22.3 Å². The molecule has 5 fully saturated rings. The predicted molar refractivity (Wildman–Crippen MR) is 113 cm³/mol. The minimum absolute atomic E-state index is 0.131. The molecule has 0 saturated heterocycles. The molecule has 0 spiro atoms. The molecule has 1 aromatic heterocycles. The second kappa shape index (κ2) is 6.06. The summed E-state index contributed by atoms with van der Waals surface area (Å²) in [5, 5.41) is 2.06. The summed E-state index contributed by atoms with van der Waals surface area (Å²) in [5.74, 6) is 1.15. The van der Waals surface area contributed by atoms with Crippen molar-refractivity contribution < 1.29 is 9.18 Å². The first-order chi connectivity index (χ1) is 14.3. The SMILES string of the molecule is CC(=O)N(n1c(C2CC2)nc2cc(F)ccc2c1=O)C12CC3CC(CC(Cl)(C3)C1)C2. The largest absolute Gasteiger partial charge is 0.280 e.